The molecule has 2 aliphatic rings. The van der Waals surface area contributed by atoms with Gasteiger partial charge in [-0.3, -0.25) is 4.79 Å². The molecule has 29 heavy (non-hydrogen) atoms. The van der Waals surface area contributed by atoms with Gasteiger partial charge in [0.05, 0.1) is 16.1 Å². The average Bonchev–Trinajstić information content (AvgIpc) is 3.31. The summed E-state index contributed by atoms with van der Waals surface area (Å²) in [6.07, 6.45) is 5.73. The van der Waals surface area contributed by atoms with Crippen molar-refractivity contribution in [1.82, 2.24) is 4.98 Å². The van der Waals surface area contributed by atoms with Crippen molar-refractivity contribution >= 4 is 56.7 Å². The summed E-state index contributed by atoms with van der Waals surface area (Å²) in [6, 6.07) is 18.1. The van der Waals surface area contributed by atoms with Crippen LogP contribution in [0.4, 0.5) is 10.8 Å². The second-order valence-corrected chi connectivity index (χ2v) is 8.19. The fourth-order valence-electron chi connectivity index (χ4n) is 3.85. The van der Waals surface area contributed by atoms with Gasteiger partial charge >= 0.3 is 0 Å². The number of nitrogens with zero attached hydrogens (tertiary/aromatic N) is 2. The van der Waals surface area contributed by atoms with Crippen molar-refractivity contribution in [3.05, 3.63) is 65.0 Å². The van der Waals surface area contributed by atoms with E-state index < -0.39 is 0 Å². The van der Waals surface area contributed by atoms with Crippen LogP contribution in [0, 0.1) is 0 Å². The number of anilines is 2. The Hall–Kier alpha value is -2.44. The Bertz CT molecular complexity index is 1050. The lowest BCUT2D eigenvalue weighted by Crippen LogP contribution is -2.29. The molecule has 1 amide bonds. The minimum Gasteiger partial charge on any atom is -0.348 e. The zero-order valence-corrected chi connectivity index (χ0v) is 18.5. The quantitative estimate of drug-likeness (QED) is 0.489. The molecule has 0 saturated carbocycles. The fraction of sp³-hybridized carbons (Fsp3) is 0.217. The van der Waals surface area contributed by atoms with Crippen LogP contribution in [-0.4, -0.2) is 24.0 Å². The molecule has 1 saturated heterocycles. The van der Waals surface area contributed by atoms with Crippen LogP contribution in [0.25, 0.3) is 22.9 Å². The maximum Gasteiger partial charge on any atom is 0.256 e. The molecule has 3 aromatic rings. The maximum atomic E-state index is 12.6. The van der Waals surface area contributed by atoms with Crippen LogP contribution in [0.5, 0.6) is 0 Å². The van der Waals surface area contributed by atoms with Crippen LogP contribution in [0.1, 0.15) is 29.7 Å². The molecule has 3 heterocycles. The van der Waals surface area contributed by atoms with Gasteiger partial charge in [0.25, 0.3) is 5.91 Å². The van der Waals surface area contributed by atoms with Crippen molar-refractivity contribution in [3.63, 3.8) is 0 Å². The Morgan fingerprint density at radius 2 is 1.69 bits per heavy atom. The number of thiazole rings is 1. The molecule has 0 bridgehead atoms. The van der Waals surface area contributed by atoms with Gasteiger partial charge in [-0.05, 0) is 31.4 Å². The Morgan fingerprint density at radius 1 is 0.966 bits per heavy atom. The van der Waals surface area contributed by atoms with Crippen molar-refractivity contribution in [2.75, 3.05) is 23.3 Å². The van der Waals surface area contributed by atoms with Gasteiger partial charge in [0.1, 0.15) is 0 Å². The van der Waals surface area contributed by atoms with Gasteiger partial charge in [-0.15, -0.1) is 17.0 Å². The van der Waals surface area contributed by atoms with E-state index in [0.717, 1.165) is 45.6 Å². The Labute approximate surface area is 185 Å². The molecule has 0 atom stereocenters. The first-order chi connectivity index (χ1) is 13.8. The average molecular weight is 468 g/mol. The van der Waals surface area contributed by atoms with Gasteiger partial charge in [0, 0.05) is 29.9 Å². The summed E-state index contributed by atoms with van der Waals surface area (Å²) in [6.45, 7) is 2.11. The number of nitrogens with one attached hydrogen (secondary N) is 1. The smallest absolute Gasteiger partial charge is 0.256 e. The Balaban J connectivity index is 0.00000205. The van der Waals surface area contributed by atoms with E-state index in [1.54, 1.807) is 11.3 Å². The van der Waals surface area contributed by atoms with E-state index in [1.807, 2.05) is 48.5 Å². The minimum absolute atomic E-state index is 0. The number of hydrogen-bond acceptors (Lipinski definition) is 4. The standard InChI is InChI=1S/C23H21N3OS.BrH/c27-22-18(17-11-5-6-12-19(17)24-22)15-20-21(16-9-3-1-4-10-16)25-23(28-20)26-13-7-2-8-14-26;/h1,3-6,9-12,15H,2,7-8,13-14H2,(H,24,27);1H. The molecule has 0 spiro atoms. The Kier molecular flexibility index (Phi) is 5.83. The number of para-hydroxylation sites is 1. The predicted molar refractivity (Wildman–Crippen MR) is 127 cm³/mol. The number of carbonyl (C=O) groups excluding carboxylic acids is 1. The van der Waals surface area contributed by atoms with Gasteiger partial charge in [-0.2, -0.15) is 0 Å². The van der Waals surface area contributed by atoms with Gasteiger partial charge in [0.15, 0.2) is 5.13 Å². The first kappa shape index (κ1) is 19.9. The molecule has 2 aromatic carbocycles. The van der Waals surface area contributed by atoms with Crippen molar-refractivity contribution in [2.45, 2.75) is 19.3 Å². The number of fused-ring (bicyclic) bond motifs is 1. The molecule has 0 radical (unpaired) electrons. The van der Waals surface area contributed by atoms with E-state index in [9.17, 15) is 4.79 Å². The molecule has 2 aliphatic heterocycles. The minimum atomic E-state index is -0.0480. The molecule has 4 nitrogen and oxygen atoms in total. The molecular weight excluding hydrogens is 446 g/mol. The fourth-order valence-corrected chi connectivity index (χ4v) is 4.94. The van der Waals surface area contributed by atoms with E-state index in [0.29, 0.717) is 5.57 Å². The van der Waals surface area contributed by atoms with Gasteiger partial charge in [-0.1, -0.05) is 59.9 Å². The Morgan fingerprint density at radius 3 is 2.48 bits per heavy atom. The zero-order valence-electron chi connectivity index (χ0n) is 15.9. The summed E-state index contributed by atoms with van der Waals surface area (Å²) < 4.78 is 0. The summed E-state index contributed by atoms with van der Waals surface area (Å²) in [5, 5.41) is 4.02. The normalized spacial score (nSPS) is 17.0. The van der Waals surface area contributed by atoms with Crippen molar-refractivity contribution < 1.29 is 4.79 Å². The summed E-state index contributed by atoms with van der Waals surface area (Å²) in [5.41, 5.74) is 4.58. The number of piperidine rings is 1. The van der Waals surface area contributed by atoms with Crippen LogP contribution in [0.2, 0.25) is 0 Å². The van der Waals surface area contributed by atoms with Crippen molar-refractivity contribution in [1.29, 1.82) is 0 Å². The summed E-state index contributed by atoms with van der Waals surface area (Å²) >= 11 is 1.68. The first-order valence-corrected chi connectivity index (χ1v) is 10.5. The lowest BCUT2D eigenvalue weighted by molar-refractivity contribution is -0.110. The van der Waals surface area contributed by atoms with Gasteiger partial charge < -0.3 is 10.2 Å². The topological polar surface area (TPSA) is 45.2 Å². The van der Waals surface area contributed by atoms with E-state index in [1.165, 1.54) is 19.3 Å². The largest absolute Gasteiger partial charge is 0.348 e. The maximum absolute atomic E-state index is 12.6. The van der Waals surface area contributed by atoms with Gasteiger partial charge in [0.2, 0.25) is 0 Å². The highest BCUT2D eigenvalue weighted by Crippen LogP contribution is 2.39. The van der Waals surface area contributed by atoms with E-state index >= 15 is 0 Å². The molecule has 6 heteroatoms. The number of carbonyl (C=O) groups is 1. The number of halogens is 1. The molecule has 1 fully saturated rings. The van der Waals surface area contributed by atoms with Crippen LogP contribution in [0.15, 0.2) is 54.6 Å². The SMILES string of the molecule is Br.O=C1Nc2ccccc2C1=Cc1sc(N2CCCCC2)nc1-c1ccccc1. The molecule has 1 aromatic heterocycles. The number of hydrogen-bond donors (Lipinski definition) is 1. The predicted octanol–water partition coefficient (Wildman–Crippen LogP) is 5.87. The lowest BCUT2D eigenvalue weighted by Gasteiger charge is -2.25. The highest BCUT2D eigenvalue weighted by Gasteiger charge is 2.25. The monoisotopic (exact) mass is 467 g/mol. The van der Waals surface area contributed by atoms with Crippen LogP contribution in [-0.2, 0) is 4.79 Å². The zero-order chi connectivity index (χ0) is 18.9. The number of benzene rings is 2. The lowest BCUT2D eigenvalue weighted by atomic mass is 10.0. The summed E-state index contributed by atoms with van der Waals surface area (Å²) in [7, 11) is 0. The highest BCUT2D eigenvalue weighted by atomic mass is 79.9. The third-order valence-electron chi connectivity index (χ3n) is 5.30. The molecule has 5 rings (SSSR count). The number of amides is 1. The summed E-state index contributed by atoms with van der Waals surface area (Å²) in [5.74, 6) is -0.0480. The molecule has 148 valence electrons. The molecule has 0 unspecified atom stereocenters. The van der Waals surface area contributed by atoms with E-state index in [4.69, 9.17) is 4.98 Å². The highest BCUT2D eigenvalue weighted by molar-refractivity contribution is 8.93. The second kappa shape index (κ2) is 8.51. The summed E-state index contributed by atoms with van der Waals surface area (Å²) in [4.78, 5) is 21.0. The van der Waals surface area contributed by atoms with E-state index in [-0.39, 0.29) is 22.9 Å². The second-order valence-electron chi connectivity index (χ2n) is 7.18. The van der Waals surface area contributed by atoms with Crippen LogP contribution < -0.4 is 10.2 Å². The van der Waals surface area contributed by atoms with Crippen molar-refractivity contribution in [3.8, 4) is 11.3 Å². The van der Waals surface area contributed by atoms with Crippen LogP contribution >= 0.6 is 28.3 Å². The van der Waals surface area contributed by atoms with Gasteiger partial charge in [-0.25, -0.2) is 4.98 Å². The van der Waals surface area contributed by atoms with E-state index in [2.05, 4.69) is 22.3 Å². The first-order valence-electron chi connectivity index (χ1n) is 9.73. The number of aromatic nitrogens is 1. The van der Waals surface area contributed by atoms with Crippen LogP contribution in [0.3, 0.4) is 0 Å². The molecule has 0 aliphatic carbocycles. The third kappa shape index (κ3) is 3.87. The molecule has 1 N–H and O–H groups in total. The number of rotatable bonds is 3. The third-order valence-corrected chi connectivity index (χ3v) is 6.36. The van der Waals surface area contributed by atoms with Crippen molar-refractivity contribution in [2.24, 2.45) is 0 Å². The molecular formula is C23H22BrN3OS.